The summed E-state index contributed by atoms with van der Waals surface area (Å²) in [5, 5.41) is 34.4. The van der Waals surface area contributed by atoms with E-state index in [1.54, 1.807) is 0 Å². The normalized spacial score (nSPS) is 37.5. The fourth-order valence-electron chi connectivity index (χ4n) is 6.13. The molecule has 0 radical (unpaired) electrons. The molecule has 0 spiro atoms. The summed E-state index contributed by atoms with van der Waals surface area (Å²) >= 11 is 0. The molecule has 1 heterocycles. The maximum atomic E-state index is 12.8. The molecule has 3 aliphatic rings. The van der Waals surface area contributed by atoms with Crippen LogP contribution in [0.15, 0.2) is 18.2 Å². The Bertz CT molecular complexity index is 800. The van der Waals surface area contributed by atoms with Crippen molar-refractivity contribution < 1.29 is 29.6 Å². The molecule has 1 aromatic carbocycles. The maximum absolute atomic E-state index is 12.8. The predicted octanol–water partition coefficient (Wildman–Crippen LogP) is 1.97. The Hall–Kier alpha value is -1.83. The topological polar surface area (TPSA) is 108 Å². The van der Waals surface area contributed by atoms with Crippen molar-refractivity contribution in [3.05, 3.63) is 23.8 Å². The lowest BCUT2D eigenvalue weighted by Gasteiger charge is -2.60. The highest BCUT2D eigenvalue weighted by Gasteiger charge is 2.58. The molecule has 166 valence electrons. The van der Waals surface area contributed by atoms with Gasteiger partial charge in [0.15, 0.2) is 11.5 Å². The Balaban J connectivity index is 1.44. The molecule has 6 atom stereocenters. The number of hydrogen-bond acceptors (Lipinski definition) is 6. The van der Waals surface area contributed by atoms with Crippen molar-refractivity contribution in [3.8, 4) is 11.5 Å². The molecular weight excluding hydrogens is 386 g/mol. The third-order valence-electron chi connectivity index (χ3n) is 8.05. The summed E-state index contributed by atoms with van der Waals surface area (Å²) < 4.78 is 10.7. The number of amides is 1. The molecule has 1 aromatic rings. The van der Waals surface area contributed by atoms with Crippen LogP contribution in [0.1, 0.15) is 51.5 Å². The van der Waals surface area contributed by atoms with Gasteiger partial charge in [-0.3, -0.25) is 4.79 Å². The highest BCUT2D eigenvalue weighted by atomic mass is 16.7. The molecule has 1 amide bonds. The number of aliphatic hydroxyl groups excluding tert-OH is 3. The molecule has 0 saturated heterocycles. The number of hydrogen-bond donors (Lipinski definition) is 4. The molecule has 7 nitrogen and oxygen atoms in total. The minimum absolute atomic E-state index is 0.0637. The van der Waals surface area contributed by atoms with Crippen molar-refractivity contribution in [1.82, 2.24) is 5.32 Å². The third-order valence-corrected chi connectivity index (χ3v) is 8.05. The molecule has 4 rings (SSSR count). The number of carbonyl (C=O) groups excluding carboxylic acids is 1. The largest absolute Gasteiger partial charge is 0.454 e. The number of ether oxygens (including phenoxy) is 2. The van der Waals surface area contributed by atoms with Crippen LogP contribution in [0.2, 0.25) is 0 Å². The van der Waals surface area contributed by atoms with Crippen molar-refractivity contribution >= 4 is 5.91 Å². The van der Waals surface area contributed by atoms with Gasteiger partial charge in [-0.15, -0.1) is 0 Å². The van der Waals surface area contributed by atoms with Gasteiger partial charge in [0.05, 0.1) is 18.8 Å². The first-order chi connectivity index (χ1) is 14.3. The van der Waals surface area contributed by atoms with Gasteiger partial charge in [-0.25, -0.2) is 0 Å². The summed E-state index contributed by atoms with van der Waals surface area (Å²) in [5.74, 6) is 1.15. The number of aliphatic hydroxyl groups is 3. The van der Waals surface area contributed by atoms with Crippen molar-refractivity contribution in [1.29, 1.82) is 0 Å². The van der Waals surface area contributed by atoms with Gasteiger partial charge in [-0.1, -0.05) is 19.9 Å². The van der Waals surface area contributed by atoms with Gasteiger partial charge in [0.1, 0.15) is 0 Å². The van der Waals surface area contributed by atoms with Gasteiger partial charge in [0, 0.05) is 18.4 Å². The van der Waals surface area contributed by atoms with Crippen LogP contribution < -0.4 is 14.8 Å². The van der Waals surface area contributed by atoms with Gasteiger partial charge in [-0.2, -0.15) is 0 Å². The van der Waals surface area contributed by atoms with Crippen molar-refractivity contribution in [2.24, 2.45) is 22.7 Å². The Morgan fingerprint density at radius 2 is 1.93 bits per heavy atom. The molecule has 2 fully saturated rings. The van der Waals surface area contributed by atoms with E-state index in [1.165, 1.54) is 0 Å². The third kappa shape index (κ3) is 3.57. The SMILES string of the molecule is C[C@]1(CO)[C@@H]2CC[C@@H](O)[C@@H](CC(=O)NCc3ccc4c(c3)OCO4)[C@]2(C)CC[C@H]1O. The average molecular weight is 420 g/mol. The second-order valence-electron chi connectivity index (χ2n) is 9.70. The van der Waals surface area contributed by atoms with E-state index in [0.717, 1.165) is 18.4 Å². The molecule has 0 bridgehead atoms. The van der Waals surface area contributed by atoms with Crippen LogP contribution in [0, 0.1) is 22.7 Å². The number of fused-ring (bicyclic) bond motifs is 2. The highest BCUT2D eigenvalue weighted by Crippen LogP contribution is 2.60. The molecular formula is C23H33NO6. The summed E-state index contributed by atoms with van der Waals surface area (Å²) in [4.78, 5) is 12.8. The van der Waals surface area contributed by atoms with E-state index in [1.807, 2.05) is 25.1 Å². The Morgan fingerprint density at radius 1 is 1.17 bits per heavy atom. The maximum Gasteiger partial charge on any atom is 0.231 e. The first kappa shape index (κ1) is 21.4. The first-order valence-corrected chi connectivity index (χ1v) is 10.9. The fourth-order valence-corrected chi connectivity index (χ4v) is 6.13. The minimum Gasteiger partial charge on any atom is -0.454 e. The Kier molecular flexibility index (Phi) is 5.72. The van der Waals surface area contributed by atoms with Crippen LogP contribution in [0.25, 0.3) is 0 Å². The van der Waals surface area contributed by atoms with Gasteiger partial charge >= 0.3 is 0 Å². The van der Waals surface area contributed by atoms with Gasteiger partial charge in [0.2, 0.25) is 12.7 Å². The lowest BCUT2D eigenvalue weighted by molar-refractivity contribution is -0.185. The Morgan fingerprint density at radius 3 is 2.70 bits per heavy atom. The summed E-state index contributed by atoms with van der Waals surface area (Å²) in [6.07, 6.45) is 1.77. The van der Waals surface area contributed by atoms with Crippen molar-refractivity contribution in [2.75, 3.05) is 13.4 Å². The molecule has 30 heavy (non-hydrogen) atoms. The van der Waals surface area contributed by atoms with Crippen LogP contribution in [0.3, 0.4) is 0 Å². The summed E-state index contributed by atoms with van der Waals surface area (Å²) in [6.45, 7) is 4.56. The second-order valence-corrected chi connectivity index (χ2v) is 9.70. The summed E-state index contributed by atoms with van der Waals surface area (Å²) in [5.41, 5.74) is 0.0215. The summed E-state index contributed by atoms with van der Waals surface area (Å²) in [7, 11) is 0. The molecule has 0 aromatic heterocycles. The molecule has 4 N–H and O–H groups in total. The second kappa shape index (κ2) is 8.02. The molecule has 1 aliphatic heterocycles. The average Bonchev–Trinajstić information content (AvgIpc) is 3.20. The molecule has 7 heteroatoms. The monoisotopic (exact) mass is 419 g/mol. The standard InChI is InChI=1S/C23H33NO6/c1-22-8-7-20(27)23(2,12-25)19(22)6-4-16(26)15(22)10-21(28)24-11-14-3-5-17-18(9-14)30-13-29-17/h3,5,9,15-16,19-20,25-27H,4,6-8,10-13H2,1-2H3,(H,24,28)/t15-,16-,19-,20-,22+,23+/m1/s1. The lowest BCUT2D eigenvalue weighted by atomic mass is 9.46. The number of benzene rings is 1. The van der Waals surface area contributed by atoms with Gasteiger partial charge < -0.3 is 30.1 Å². The molecule has 2 aliphatic carbocycles. The van der Waals surface area contributed by atoms with Crippen molar-refractivity contribution in [3.63, 3.8) is 0 Å². The van der Waals surface area contributed by atoms with E-state index < -0.39 is 17.6 Å². The van der Waals surface area contributed by atoms with E-state index in [4.69, 9.17) is 9.47 Å². The fraction of sp³-hybridized carbons (Fsp3) is 0.696. The zero-order chi connectivity index (χ0) is 21.5. The first-order valence-electron chi connectivity index (χ1n) is 10.9. The highest BCUT2D eigenvalue weighted by molar-refractivity contribution is 5.76. The Labute approximate surface area is 177 Å². The summed E-state index contributed by atoms with van der Waals surface area (Å²) in [6, 6.07) is 5.60. The van der Waals surface area contributed by atoms with E-state index in [0.29, 0.717) is 30.9 Å². The smallest absolute Gasteiger partial charge is 0.231 e. The van der Waals surface area contributed by atoms with Gasteiger partial charge in [-0.05, 0) is 60.6 Å². The molecule has 0 unspecified atom stereocenters. The lowest BCUT2D eigenvalue weighted by Crippen LogP contribution is -2.60. The molecule has 2 saturated carbocycles. The van der Waals surface area contributed by atoms with Crippen LogP contribution in [-0.4, -0.2) is 46.8 Å². The van der Waals surface area contributed by atoms with E-state index >= 15 is 0 Å². The van der Waals surface area contributed by atoms with Crippen LogP contribution in [-0.2, 0) is 11.3 Å². The zero-order valence-corrected chi connectivity index (χ0v) is 17.8. The number of nitrogens with one attached hydrogen (secondary N) is 1. The predicted molar refractivity (Wildman–Crippen MR) is 110 cm³/mol. The van der Waals surface area contributed by atoms with E-state index in [9.17, 15) is 20.1 Å². The quantitative estimate of drug-likeness (QED) is 0.581. The van der Waals surface area contributed by atoms with E-state index in [2.05, 4.69) is 12.2 Å². The zero-order valence-electron chi connectivity index (χ0n) is 17.8. The number of rotatable bonds is 5. The number of carbonyl (C=O) groups is 1. The van der Waals surface area contributed by atoms with Gasteiger partial charge in [0.25, 0.3) is 0 Å². The van der Waals surface area contributed by atoms with Crippen LogP contribution >= 0.6 is 0 Å². The van der Waals surface area contributed by atoms with E-state index in [-0.39, 0.29) is 43.0 Å². The van der Waals surface area contributed by atoms with Crippen molar-refractivity contribution in [2.45, 2.75) is 64.7 Å². The minimum atomic E-state index is -0.603. The van der Waals surface area contributed by atoms with Crippen LogP contribution in [0.4, 0.5) is 0 Å². The van der Waals surface area contributed by atoms with Crippen LogP contribution in [0.5, 0.6) is 11.5 Å².